The molecule has 1 aromatic heterocycles. The van der Waals surface area contributed by atoms with Crippen LogP contribution in [0.4, 0.5) is 5.82 Å². The number of anilines is 1. The largest absolute Gasteiger partial charge is 0.414 e. The van der Waals surface area contributed by atoms with Gasteiger partial charge < -0.3 is 20.0 Å². The maximum absolute atomic E-state index is 12.3. The molecule has 0 aromatic carbocycles. The lowest BCUT2D eigenvalue weighted by Crippen LogP contribution is -2.45. The first kappa shape index (κ1) is 25.5. The van der Waals surface area contributed by atoms with E-state index in [2.05, 4.69) is 52.6 Å². The van der Waals surface area contributed by atoms with Gasteiger partial charge in [-0.05, 0) is 42.0 Å². The quantitative estimate of drug-likeness (QED) is 0.525. The average molecular weight is 451 g/mol. The Morgan fingerprint density at radius 2 is 1.77 bits per heavy atom. The van der Waals surface area contributed by atoms with E-state index in [0.717, 1.165) is 18.1 Å². The van der Waals surface area contributed by atoms with Crippen LogP contribution in [0.15, 0.2) is 17.1 Å². The number of nitriles is 1. The predicted molar refractivity (Wildman–Crippen MR) is 123 cm³/mol. The zero-order chi connectivity index (χ0) is 23.3. The van der Waals surface area contributed by atoms with Gasteiger partial charge in [0.25, 0.3) is 0 Å². The first-order valence-electron chi connectivity index (χ1n) is 11.2. The van der Waals surface area contributed by atoms with Crippen molar-refractivity contribution >= 4 is 14.1 Å². The van der Waals surface area contributed by atoms with Crippen molar-refractivity contribution in [1.82, 2.24) is 9.55 Å². The Hall–Kier alpha value is -1.73. The molecule has 1 aliphatic rings. The smallest absolute Gasteiger partial charge is 0.351 e. The molecule has 0 spiro atoms. The monoisotopic (exact) mass is 450 g/mol. The Balaban J connectivity index is 2.24. The first-order chi connectivity index (χ1) is 14.5. The molecular formula is C22H38N4O4Si. The van der Waals surface area contributed by atoms with Gasteiger partial charge in [-0.15, -0.1) is 0 Å². The van der Waals surface area contributed by atoms with Crippen molar-refractivity contribution in [3.63, 3.8) is 0 Å². The number of nitrogens with two attached hydrogens (primary N) is 1. The van der Waals surface area contributed by atoms with Gasteiger partial charge in [-0.2, -0.15) is 10.2 Å². The number of aromatic nitrogens is 2. The van der Waals surface area contributed by atoms with Crippen LogP contribution in [0.5, 0.6) is 0 Å². The van der Waals surface area contributed by atoms with Crippen LogP contribution in [0.1, 0.15) is 47.8 Å². The maximum atomic E-state index is 12.3. The molecule has 4 atom stereocenters. The van der Waals surface area contributed by atoms with E-state index in [0.29, 0.717) is 17.8 Å². The van der Waals surface area contributed by atoms with Gasteiger partial charge in [-0.25, -0.2) is 4.79 Å². The van der Waals surface area contributed by atoms with Crippen molar-refractivity contribution in [1.29, 1.82) is 5.26 Å². The van der Waals surface area contributed by atoms with Gasteiger partial charge in [0.2, 0.25) is 0 Å². The highest BCUT2D eigenvalue weighted by Gasteiger charge is 2.47. The van der Waals surface area contributed by atoms with Crippen LogP contribution < -0.4 is 11.4 Å². The average Bonchev–Trinajstić information content (AvgIpc) is 2.93. The topological polar surface area (TPSA) is 123 Å². The predicted octanol–water partition coefficient (Wildman–Crippen LogP) is 3.15. The van der Waals surface area contributed by atoms with Crippen LogP contribution in [0.3, 0.4) is 0 Å². The van der Waals surface area contributed by atoms with Crippen molar-refractivity contribution < 1.29 is 14.3 Å². The van der Waals surface area contributed by atoms with Gasteiger partial charge >= 0.3 is 5.69 Å². The van der Waals surface area contributed by atoms with Crippen LogP contribution in [-0.4, -0.2) is 41.8 Å². The van der Waals surface area contributed by atoms with Gasteiger partial charge in [-0.1, -0.05) is 41.5 Å². The fourth-order valence-electron chi connectivity index (χ4n) is 4.80. The summed E-state index contributed by atoms with van der Waals surface area (Å²) in [5.74, 6) is 0.737. The SMILES string of the molecule is CC(C)C[Si](CC(C)C)(CC(C)C)OC[C@H]1O[C@@H](n2ccc(N)nc2=O)[C@@H](C#N)[C@@H]1O. The van der Waals surface area contributed by atoms with E-state index >= 15 is 0 Å². The minimum absolute atomic E-state index is 0.0972. The van der Waals surface area contributed by atoms with Crippen LogP contribution >= 0.6 is 0 Å². The fraction of sp³-hybridized carbons (Fsp3) is 0.773. The molecule has 0 unspecified atom stereocenters. The molecule has 0 saturated carbocycles. The summed E-state index contributed by atoms with van der Waals surface area (Å²) >= 11 is 0. The van der Waals surface area contributed by atoms with Crippen LogP contribution in [0, 0.1) is 35.0 Å². The van der Waals surface area contributed by atoms with E-state index in [1.54, 1.807) is 0 Å². The molecule has 0 amide bonds. The Labute approximate surface area is 186 Å². The maximum Gasteiger partial charge on any atom is 0.351 e. The second-order valence-corrected chi connectivity index (χ2v) is 13.9. The standard InChI is InChI=1S/C22H38N4O4Si/c1-14(2)11-31(12-15(3)4,13-16(5)6)29-10-18-20(27)17(9-23)21(30-18)26-8-7-19(24)25-22(26)28/h7-8,14-18,20-21,27H,10-13H2,1-6H3,(H2,24,25,28)/t17-,18+,20-,21+/m0/s1. The normalized spacial score (nSPS) is 24.3. The van der Waals surface area contributed by atoms with Crippen molar-refractivity contribution in [2.75, 3.05) is 12.3 Å². The molecule has 1 aliphatic heterocycles. The molecule has 9 heteroatoms. The third kappa shape index (κ3) is 6.62. The summed E-state index contributed by atoms with van der Waals surface area (Å²) < 4.78 is 13.9. The van der Waals surface area contributed by atoms with Crippen molar-refractivity contribution in [2.24, 2.45) is 23.7 Å². The van der Waals surface area contributed by atoms with E-state index in [9.17, 15) is 15.2 Å². The number of rotatable bonds is 10. The van der Waals surface area contributed by atoms with E-state index in [1.807, 2.05) is 0 Å². The molecule has 8 nitrogen and oxygen atoms in total. The van der Waals surface area contributed by atoms with Crippen LogP contribution in [0.2, 0.25) is 18.1 Å². The third-order valence-electron chi connectivity index (χ3n) is 5.54. The summed E-state index contributed by atoms with van der Waals surface area (Å²) in [7, 11) is -2.11. The number of nitrogens with zero attached hydrogens (tertiary/aromatic N) is 3. The summed E-state index contributed by atoms with van der Waals surface area (Å²) in [6.45, 7) is 13.5. The van der Waals surface area contributed by atoms with Gasteiger partial charge in [0.1, 0.15) is 23.9 Å². The number of hydrogen-bond donors (Lipinski definition) is 2. The lowest BCUT2D eigenvalue weighted by molar-refractivity contribution is -0.0444. The zero-order valence-corrected chi connectivity index (χ0v) is 20.6. The number of aliphatic hydroxyl groups excluding tert-OH is 1. The van der Waals surface area contributed by atoms with E-state index < -0.39 is 38.4 Å². The van der Waals surface area contributed by atoms with Gasteiger partial charge in [0, 0.05) is 6.20 Å². The highest BCUT2D eigenvalue weighted by atomic mass is 28.4. The molecule has 3 N–H and O–H groups in total. The number of ether oxygens (including phenoxy) is 1. The minimum atomic E-state index is -2.11. The second kappa shape index (κ2) is 10.7. The molecule has 2 rings (SSSR count). The Kier molecular flexibility index (Phi) is 8.83. The molecule has 2 heterocycles. The molecule has 0 aliphatic carbocycles. The minimum Gasteiger partial charge on any atom is -0.414 e. The van der Waals surface area contributed by atoms with E-state index in [1.165, 1.54) is 16.8 Å². The molecular weight excluding hydrogens is 412 g/mol. The Bertz CT molecular complexity index is 794. The zero-order valence-electron chi connectivity index (χ0n) is 19.6. The molecule has 1 saturated heterocycles. The van der Waals surface area contributed by atoms with Gasteiger partial charge in [0.05, 0.1) is 12.7 Å². The number of nitrogen functional groups attached to an aromatic ring is 1. The van der Waals surface area contributed by atoms with Crippen LogP contribution in [0.25, 0.3) is 0 Å². The van der Waals surface area contributed by atoms with Gasteiger partial charge in [0.15, 0.2) is 14.5 Å². The van der Waals surface area contributed by atoms with Gasteiger partial charge in [-0.3, -0.25) is 4.57 Å². The Morgan fingerprint density at radius 1 is 1.23 bits per heavy atom. The molecule has 0 bridgehead atoms. The molecule has 31 heavy (non-hydrogen) atoms. The van der Waals surface area contributed by atoms with E-state index in [4.69, 9.17) is 14.9 Å². The van der Waals surface area contributed by atoms with Crippen molar-refractivity contribution in [2.45, 2.75) is 78.1 Å². The summed E-state index contributed by atoms with van der Waals surface area (Å²) in [5.41, 5.74) is 4.96. The lowest BCUT2D eigenvalue weighted by atomic mass is 10.0. The number of aliphatic hydroxyl groups is 1. The molecule has 174 valence electrons. The third-order valence-corrected chi connectivity index (χ3v) is 11.0. The first-order valence-corrected chi connectivity index (χ1v) is 13.7. The lowest BCUT2D eigenvalue weighted by Gasteiger charge is -2.37. The highest BCUT2D eigenvalue weighted by Crippen LogP contribution is 2.37. The number of hydrogen-bond acceptors (Lipinski definition) is 7. The summed E-state index contributed by atoms with van der Waals surface area (Å²) in [5, 5.41) is 20.4. The molecule has 0 radical (unpaired) electrons. The molecule has 1 aromatic rings. The Morgan fingerprint density at radius 3 is 2.23 bits per heavy atom. The second-order valence-electron chi connectivity index (χ2n) is 10.0. The van der Waals surface area contributed by atoms with Crippen LogP contribution in [-0.2, 0) is 9.16 Å². The summed E-state index contributed by atoms with van der Waals surface area (Å²) in [6, 6.07) is 6.68. The highest BCUT2D eigenvalue weighted by molar-refractivity contribution is 6.74. The fourth-order valence-corrected chi connectivity index (χ4v) is 10.6. The summed E-state index contributed by atoms with van der Waals surface area (Å²) in [4.78, 5) is 16.0. The molecule has 1 fully saturated rings. The van der Waals surface area contributed by atoms with E-state index in [-0.39, 0.29) is 12.4 Å². The van der Waals surface area contributed by atoms with Crippen molar-refractivity contribution in [3.05, 3.63) is 22.7 Å². The summed E-state index contributed by atoms with van der Waals surface area (Å²) in [6.07, 6.45) is -1.21. The van der Waals surface area contributed by atoms with Crippen molar-refractivity contribution in [3.8, 4) is 6.07 Å².